The van der Waals surface area contributed by atoms with Gasteiger partial charge in [0.15, 0.2) is 0 Å². The van der Waals surface area contributed by atoms with Gasteiger partial charge in [0.2, 0.25) is 0 Å². The van der Waals surface area contributed by atoms with Gasteiger partial charge in [-0.3, -0.25) is 0 Å². The highest BCUT2D eigenvalue weighted by Gasteiger charge is 2.46. The monoisotopic (exact) mass is 340 g/mol. The summed E-state index contributed by atoms with van der Waals surface area (Å²) in [4.78, 5) is 11.5. The topological polar surface area (TPSA) is 17.1 Å². The number of benzene rings is 2. The van der Waals surface area contributed by atoms with E-state index in [0.29, 0.717) is 0 Å². The first-order chi connectivity index (χ1) is 10.8. The number of hydrogen-bond acceptors (Lipinski definition) is 1. The molecule has 0 amide bonds. The Hall–Kier alpha value is -1.91. The Morgan fingerprint density at radius 2 is 1.39 bits per heavy atom. The van der Waals surface area contributed by atoms with Crippen LogP contribution < -0.4 is 23.0 Å². The molecule has 116 valence electrons. The first-order valence-corrected chi connectivity index (χ1v) is 9.64. The molecular weight excluding hydrogens is 323 g/mol. The van der Waals surface area contributed by atoms with Crippen LogP contribution in [0.3, 0.4) is 0 Å². The molecule has 2 aromatic carbocycles. The zero-order valence-electron chi connectivity index (χ0n) is 12.9. The van der Waals surface area contributed by atoms with E-state index < -0.39 is 7.26 Å². The average Bonchev–Trinajstić information content (AvgIpc) is 2.62. The average molecular weight is 341 g/mol. The minimum Gasteiger partial charge on any atom is -1.00 e. The van der Waals surface area contributed by atoms with E-state index in [9.17, 15) is 4.79 Å². The summed E-state index contributed by atoms with van der Waals surface area (Å²) in [7, 11) is -1.76. The van der Waals surface area contributed by atoms with Crippen LogP contribution in [0.2, 0.25) is 0 Å². The Kier molecular flexibility index (Phi) is 5.74. The third-order valence-corrected chi connectivity index (χ3v) is 8.56. The fourth-order valence-electron chi connectivity index (χ4n) is 3.02. The molecule has 0 saturated heterocycles. The molecule has 0 saturated carbocycles. The molecule has 1 aliphatic carbocycles. The predicted octanol–water partition coefficient (Wildman–Crippen LogP) is 0.541. The van der Waals surface area contributed by atoms with Gasteiger partial charge < -0.3 is 12.4 Å². The largest absolute Gasteiger partial charge is 1.00 e. The summed E-state index contributed by atoms with van der Waals surface area (Å²) in [5.41, 5.74) is 0.825. The van der Waals surface area contributed by atoms with E-state index in [2.05, 4.69) is 67.2 Å². The molecule has 2 aromatic rings. The Morgan fingerprint density at radius 1 is 0.870 bits per heavy atom. The van der Waals surface area contributed by atoms with Gasteiger partial charge in [-0.2, -0.15) is 0 Å². The molecule has 0 radical (unpaired) electrons. The fraction of sp³-hybridized carbons (Fsp3) is 0.100. The lowest BCUT2D eigenvalue weighted by atomic mass is 10.1. The van der Waals surface area contributed by atoms with Crippen molar-refractivity contribution >= 4 is 23.8 Å². The summed E-state index contributed by atoms with van der Waals surface area (Å²) in [5.74, 6) is 2.16. The lowest BCUT2D eigenvalue weighted by Crippen LogP contribution is -3.00. The van der Waals surface area contributed by atoms with Gasteiger partial charge in [0.25, 0.3) is 0 Å². The van der Waals surface area contributed by atoms with Crippen LogP contribution in [-0.2, 0) is 4.79 Å². The quantitative estimate of drug-likeness (QED) is 0.589. The van der Waals surface area contributed by atoms with Gasteiger partial charge in [-0.15, -0.1) is 0 Å². The number of halogens is 1. The maximum Gasteiger partial charge on any atom is 0.132 e. The van der Waals surface area contributed by atoms with Gasteiger partial charge in [0.1, 0.15) is 11.6 Å². The van der Waals surface area contributed by atoms with Crippen molar-refractivity contribution in [1.29, 1.82) is 0 Å². The molecule has 0 N–H and O–H groups in total. The number of rotatable bonds is 3. The van der Waals surface area contributed by atoms with Crippen LogP contribution in [0.15, 0.2) is 90.5 Å². The van der Waals surface area contributed by atoms with Crippen molar-refractivity contribution in [3.63, 3.8) is 0 Å². The lowest BCUT2D eigenvalue weighted by molar-refractivity contribution is -0.00000533. The maximum absolute atomic E-state index is 11.5. The van der Waals surface area contributed by atoms with Crippen LogP contribution in [0, 0.1) is 0 Å². The molecular formula is C20H18ClOP. The van der Waals surface area contributed by atoms with Crippen LogP contribution >= 0.6 is 7.26 Å². The molecule has 0 bridgehead atoms. The highest BCUT2D eigenvalue weighted by molar-refractivity contribution is 7.89. The second-order valence-corrected chi connectivity index (χ2v) is 9.23. The van der Waals surface area contributed by atoms with E-state index in [1.807, 2.05) is 30.4 Å². The standard InChI is InChI=1S/C20H18OP.ClH/c1-22(18-11-4-2-5-12-18,19-13-6-3-7-14-19)20-15-9-8-10-17(20)16-21;/h2-15,20H,1H3;1H/q+1;/p-1. The summed E-state index contributed by atoms with van der Waals surface area (Å²) in [6.07, 6.45) is 7.99. The first kappa shape index (κ1) is 17.4. The Balaban J connectivity index is 0.00000192. The highest BCUT2D eigenvalue weighted by atomic mass is 35.5. The molecule has 0 spiro atoms. The van der Waals surface area contributed by atoms with E-state index in [1.165, 1.54) is 10.6 Å². The SMILES string of the molecule is C[P+](c1ccccc1)(c1ccccc1)C1C=CC=CC1=C=O.[Cl-]. The number of carbonyl (C=O) groups excluding carboxylic acids is 1. The molecule has 1 unspecified atom stereocenters. The fourth-order valence-corrected chi connectivity index (χ4v) is 6.68. The summed E-state index contributed by atoms with van der Waals surface area (Å²) < 4.78 is 0. The Morgan fingerprint density at radius 3 is 1.87 bits per heavy atom. The summed E-state index contributed by atoms with van der Waals surface area (Å²) in [6, 6.07) is 21.1. The molecule has 0 heterocycles. The van der Waals surface area contributed by atoms with Crippen LogP contribution in [0.1, 0.15) is 0 Å². The Bertz CT molecular complexity index is 719. The third kappa shape index (κ3) is 3.23. The van der Waals surface area contributed by atoms with Crippen LogP contribution in [0.5, 0.6) is 0 Å². The van der Waals surface area contributed by atoms with Crippen molar-refractivity contribution < 1.29 is 17.2 Å². The zero-order valence-corrected chi connectivity index (χ0v) is 14.5. The van der Waals surface area contributed by atoms with Gasteiger partial charge >= 0.3 is 0 Å². The predicted molar refractivity (Wildman–Crippen MR) is 96.3 cm³/mol. The molecule has 1 atom stereocenters. The van der Waals surface area contributed by atoms with E-state index in [4.69, 9.17) is 0 Å². The van der Waals surface area contributed by atoms with Crippen molar-refractivity contribution in [2.75, 3.05) is 6.66 Å². The minimum absolute atomic E-state index is 0. The minimum atomic E-state index is -1.76. The second kappa shape index (κ2) is 7.57. The van der Waals surface area contributed by atoms with Crippen molar-refractivity contribution in [3.05, 3.63) is 90.5 Å². The molecule has 1 nitrogen and oxygen atoms in total. The first-order valence-electron chi connectivity index (χ1n) is 7.34. The van der Waals surface area contributed by atoms with E-state index >= 15 is 0 Å². The van der Waals surface area contributed by atoms with Gasteiger partial charge in [0.05, 0.1) is 30.1 Å². The maximum atomic E-state index is 11.5. The van der Waals surface area contributed by atoms with Gasteiger partial charge in [-0.25, -0.2) is 4.79 Å². The molecule has 0 aliphatic heterocycles. The van der Waals surface area contributed by atoms with Crippen molar-refractivity contribution in [2.45, 2.75) is 5.66 Å². The normalized spacial score (nSPS) is 16.6. The van der Waals surface area contributed by atoms with Gasteiger partial charge in [0, 0.05) is 0 Å². The van der Waals surface area contributed by atoms with Gasteiger partial charge in [-0.05, 0) is 36.4 Å². The summed E-state index contributed by atoms with van der Waals surface area (Å²) in [5, 5.41) is 2.61. The number of hydrogen-bond donors (Lipinski definition) is 0. The highest BCUT2D eigenvalue weighted by Crippen LogP contribution is 2.60. The van der Waals surface area contributed by atoms with Crippen LogP contribution in [0.4, 0.5) is 0 Å². The summed E-state index contributed by atoms with van der Waals surface area (Å²) >= 11 is 0. The van der Waals surface area contributed by atoms with Crippen molar-refractivity contribution in [2.24, 2.45) is 0 Å². The van der Waals surface area contributed by atoms with E-state index in [-0.39, 0.29) is 18.1 Å². The van der Waals surface area contributed by atoms with Crippen molar-refractivity contribution in [1.82, 2.24) is 0 Å². The molecule has 1 aliphatic rings. The van der Waals surface area contributed by atoms with Gasteiger partial charge in [-0.1, -0.05) is 48.6 Å². The smallest absolute Gasteiger partial charge is 0.132 e. The molecule has 23 heavy (non-hydrogen) atoms. The molecule has 0 aromatic heterocycles. The third-order valence-electron chi connectivity index (χ3n) is 4.26. The summed E-state index contributed by atoms with van der Waals surface area (Å²) in [6.45, 7) is 2.31. The van der Waals surface area contributed by atoms with E-state index in [1.54, 1.807) is 0 Å². The number of allylic oxidation sites excluding steroid dienone is 5. The van der Waals surface area contributed by atoms with Crippen LogP contribution in [-0.4, -0.2) is 18.3 Å². The molecule has 3 heteroatoms. The van der Waals surface area contributed by atoms with E-state index in [0.717, 1.165) is 5.57 Å². The van der Waals surface area contributed by atoms with Crippen LogP contribution in [0.25, 0.3) is 0 Å². The second-order valence-electron chi connectivity index (χ2n) is 5.49. The molecule has 3 rings (SSSR count). The Labute approximate surface area is 144 Å². The van der Waals surface area contributed by atoms with Crippen molar-refractivity contribution in [3.8, 4) is 0 Å². The molecule has 0 fully saturated rings. The zero-order chi connectivity index (χ0) is 15.4. The lowest BCUT2D eigenvalue weighted by Gasteiger charge is -2.30.